The third-order valence-electron chi connectivity index (χ3n) is 3.14. The molecule has 3 aromatic rings. The first-order chi connectivity index (χ1) is 12.0. The Morgan fingerprint density at radius 2 is 2.04 bits per heavy atom. The van der Waals surface area contributed by atoms with E-state index in [0.29, 0.717) is 26.5 Å². The summed E-state index contributed by atoms with van der Waals surface area (Å²) in [6.07, 6.45) is 3.43. The summed E-state index contributed by atoms with van der Waals surface area (Å²) in [5.74, 6) is -0.317. The standard InChI is InChI=1S/C14H6Cl3N5OS2/c1-24-13-5(3-18)11-6(4-19-13)14(25-22-11)21-20-8-2-7(15)12(23)10(17)9(8)16/h2,4,23H,1H3/b21-20+. The number of benzene rings is 1. The van der Waals surface area contributed by atoms with Crippen molar-refractivity contribution in [2.45, 2.75) is 5.03 Å². The summed E-state index contributed by atoms with van der Waals surface area (Å²) < 4.78 is 4.27. The van der Waals surface area contributed by atoms with Crippen LogP contribution in [-0.2, 0) is 0 Å². The Labute approximate surface area is 165 Å². The lowest BCUT2D eigenvalue weighted by Gasteiger charge is -2.04. The summed E-state index contributed by atoms with van der Waals surface area (Å²) in [6, 6.07) is 3.46. The molecule has 0 aliphatic heterocycles. The first-order valence-corrected chi connectivity index (χ1v) is 9.61. The quantitative estimate of drug-likeness (QED) is 0.296. The largest absolute Gasteiger partial charge is 0.505 e. The van der Waals surface area contributed by atoms with Gasteiger partial charge in [-0.25, -0.2) is 4.98 Å². The van der Waals surface area contributed by atoms with Crippen LogP contribution in [0, 0.1) is 11.3 Å². The van der Waals surface area contributed by atoms with Crippen LogP contribution < -0.4 is 0 Å². The minimum atomic E-state index is -0.317. The molecule has 2 heterocycles. The van der Waals surface area contributed by atoms with Gasteiger partial charge in [-0.05, 0) is 23.9 Å². The molecule has 0 fully saturated rings. The molecule has 126 valence electrons. The Bertz CT molecular complexity index is 1060. The Morgan fingerprint density at radius 3 is 2.72 bits per heavy atom. The van der Waals surface area contributed by atoms with Gasteiger partial charge in [0.2, 0.25) is 0 Å². The van der Waals surface area contributed by atoms with Crippen molar-refractivity contribution in [2.24, 2.45) is 10.2 Å². The smallest absolute Gasteiger partial charge is 0.168 e. The van der Waals surface area contributed by atoms with Crippen LogP contribution in [0.3, 0.4) is 0 Å². The topological polar surface area (TPSA) is 94.5 Å². The molecule has 0 atom stereocenters. The van der Waals surface area contributed by atoms with Gasteiger partial charge in [-0.2, -0.15) is 9.64 Å². The van der Waals surface area contributed by atoms with Gasteiger partial charge < -0.3 is 5.11 Å². The van der Waals surface area contributed by atoms with Crippen molar-refractivity contribution in [1.29, 1.82) is 5.26 Å². The minimum absolute atomic E-state index is 0.00978. The van der Waals surface area contributed by atoms with E-state index in [0.717, 1.165) is 11.5 Å². The first kappa shape index (κ1) is 18.2. The van der Waals surface area contributed by atoms with E-state index in [1.807, 2.05) is 6.26 Å². The predicted molar refractivity (Wildman–Crippen MR) is 101 cm³/mol. The van der Waals surface area contributed by atoms with E-state index in [2.05, 4.69) is 25.7 Å². The molecule has 11 heteroatoms. The zero-order valence-corrected chi connectivity index (χ0v) is 16.2. The lowest BCUT2D eigenvalue weighted by molar-refractivity contribution is 0.476. The van der Waals surface area contributed by atoms with E-state index in [4.69, 9.17) is 34.8 Å². The highest BCUT2D eigenvalue weighted by atomic mass is 35.5. The van der Waals surface area contributed by atoms with Crippen LogP contribution in [0.5, 0.6) is 5.75 Å². The zero-order chi connectivity index (χ0) is 18.1. The van der Waals surface area contributed by atoms with Gasteiger partial charge in [-0.3, -0.25) is 0 Å². The second-order valence-electron chi connectivity index (χ2n) is 4.56. The molecule has 0 bridgehead atoms. The van der Waals surface area contributed by atoms with Gasteiger partial charge in [0.05, 0.1) is 15.4 Å². The summed E-state index contributed by atoms with van der Waals surface area (Å²) in [4.78, 5) is 4.25. The molecule has 6 nitrogen and oxygen atoms in total. The number of rotatable bonds is 3. The molecule has 0 spiro atoms. The number of fused-ring (bicyclic) bond motifs is 1. The van der Waals surface area contributed by atoms with E-state index < -0.39 is 0 Å². The van der Waals surface area contributed by atoms with Gasteiger partial charge >= 0.3 is 0 Å². The van der Waals surface area contributed by atoms with Crippen LogP contribution in [0.1, 0.15) is 5.56 Å². The fourth-order valence-corrected chi connectivity index (χ4v) is 3.77. The molecule has 2 aromatic heterocycles. The monoisotopic (exact) mass is 429 g/mol. The van der Waals surface area contributed by atoms with Crippen LogP contribution in [-0.4, -0.2) is 20.7 Å². The first-order valence-electron chi connectivity index (χ1n) is 6.48. The molecule has 0 radical (unpaired) electrons. The van der Waals surface area contributed by atoms with Crippen molar-refractivity contribution in [1.82, 2.24) is 9.36 Å². The van der Waals surface area contributed by atoms with Gasteiger partial charge in [0, 0.05) is 6.20 Å². The number of hydrogen-bond acceptors (Lipinski definition) is 8. The molecule has 0 saturated heterocycles. The van der Waals surface area contributed by atoms with Crippen molar-refractivity contribution >= 4 is 79.7 Å². The number of aromatic hydroxyl groups is 1. The number of aromatic nitrogens is 2. The fourth-order valence-electron chi connectivity index (χ4n) is 1.95. The van der Waals surface area contributed by atoms with Gasteiger partial charge in [-0.1, -0.05) is 34.8 Å². The number of azo groups is 1. The van der Waals surface area contributed by atoms with Crippen molar-refractivity contribution in [3.8, 4) is 11.8 Å². The van der Waals surface area contributed by atoms with E-state index in [9.17, 15) is 10.4 Å². The maximum absolute atomic E-state index is 9.64. The summed E-state index contributed by atoms with van der Waals surface area (Å²) in [7, 11) is 0. The van der Waals surface area contributed by atoms with Crippen molar-refractivity contribution < 1.29 is 5.11 Å². The predicted octanol–water partition coefficient (Wildman–Crippen LogP) is 6.37. The summed E-state index contributed by atoms with van der Waals surface area (Å²) in [5, 5.41) is 28.7. The van der Waals surface area contributed by atoms with E-state index in [-0.39, 0.29) is 26.5 Å². The number of pyridine rings is 1. The molecule has 0 amide bonds. The third kappa shape index (κ3) is 3.26. The van der Waals surface area contributed by atoms with E-state index >= 15 is 0 Å². The van der Waals surface area contributed by atoms with Crippen LogP contribution in [0.15, 0.2) is 27.5 Å². The van der Waals surface area contributed by atoms with Gasteiger partial charge in [-0.15, -0.1) is 22.0 Å². The zero-order valence-electron chi connectivity index (χ0n) is 12.3. The van der Waals surface area contributed by atoms with Gasteiger partial charge in [0.1, 0.15) is 32.9 Å². The van der Waals surface area contributed by atoms with Crippen molar-refractivity contribution in [3.63, 3.8) is 0 Å². The van der Waals surface area contributed by atoms with E-state index in [1.54, 1.807) is 6.20 Å². The Hall–Kier alpha value is -1.63. The number of thioether (sulfide) groups is 1. The maximum atomic E-state index is 9.64. The van der Waals surface area contributed by atoms with Crippen LogP contribution >= 0.6 is 58.1 Å². The average molecular weight is 431 g/mol. The number of hydrogen-bond donors (Lipinski definition) is 1. The molecule has 1 N–H and O–H groups in total. The lowest BCUT2D eigenvalue weighted by Crippen LogP contribution is -1.87. The lowest BCUT2D eigenvalue weighted by atomic mass is 10.2. The summed E-state index contributed by atoms with van der Waals surface area (Å²) in [6.45, 7) is 0. The molecular weight excluding hydrogens is 425 g/mol. The van der Waals surface area contributed by atoms with E-state index in [1.165, 1.54) is 17.8 Å². The molecule has 0 unspecified atom stereocenters. The highest BCUT2D eigenvalue weighted by Crippen LogP contribution is 2.44. The van der Waals surface area contributed by atoms with Gasteiger partial charge in [0.15, 0.2) is 10.8 Å². The molecule has 25 heavy (non-hydrogen) atoms. The summed E-state index contributed by atoms with van der Waals surface area (Å²) in [5.41, 5.74) is 1.12. The fraction of sp³-hybridized carbons (Fsp3) is 0.0714. The molecule has 0 saturated carbocycles. The number of phenolic OH excluding ortho intramolecular Hbond substituents is 1. The number of halogens is 3. The molecular formula is C14H6Cl3N5OS2. The number of nitrogens with zero attached hydrogens (tertiary/aromatic N) is 5. The van der Waals surface area contributed by atoms with Crippen LogP contribution in [0.4, 0.5) is 10.7 Å². The summed E-state index contributed by atoms with van der Waals surface area (Å²) >= 11 is 20.2. The number of phenols is 1. The normalized spacial score (nSPS) is 11.3. The van der Waals surface area contributed by atoms with Crippen molar-refractivity contribution in [3.05, 3.63) is 32.9 Å². The molecule has 0 aliphatic rings. The van der Waals surface area contributed by atoms with Gasteiger partial charge in [0.25, 0.3) is 0 Å². The highest BCUT2D eigenvalue weighted by molar-refractivity contribution is 7.98. The second kappa shape index (κ2) is 7.32. The molecule has 0 aliphatic carbocycles. The van der Waals surface area contributed by atoms with Crippen LogP contribution in [0.25, 0.3) is 10.9 Å². The maximum Gasteiger partial charge on any atom is 0.168 e. The Kier molecular flexibility index (Phi) is 5.32. The molecule has 1 aromatic carbocycles. The number of nitriles is 1. The average Bonchev–Trinajstić information content (AvgIpc) is 3.04. The van der Waals surface area contributed by atoms with Crippen LogP contribution in [0.2, 0.25) is 15.1 Å². The van der Waals surface area contributed by atoms with Crippen molar-refractivity contribution in [2.75, 3.05) is 6.26 Å². The highest BCUT2D eigenvalue weighted by Gasteiger charge is 2.16. The second-order valence-corrected chi connectivity index (χ2v) is 7.27. The Balaban J connectivity index is 2.08. The SMILES string of the molecule is CSc1ncc2c(/N=N/c3cc(Cl)c(O)c(Cl)c3Cl)snc2c1C#N. The Morgan fingerprint density at radius 1 is 1.28 bits per heavy atom. The minimum Gasteiger partial charge on any atom is -0.505 e. The third-order valence-corrected chi connectivity index (χ3v) is 5.72. The molecule has 3 rings (SSSR count).